The van der Waals surface area contributed by atoms with Crippen LogP contribution in [0.3, 0.4) is 0 Å². The average molecular weight is 833 g/mol. The fourth-order valence-electron chi connectivity index (χ4n) is 8.32. The Morgan fingerprint density at radius 1 is 0.548 bits per heavy atom. The standard InChI is InChI=1S/C48H52N10O4/c1-55(2)47(61)53-41(35-13-7-5-8-14-35)45(59)57-27-11-17-39(57)43-49-29-37(51-43)33-23-19-31(20-24-33)32-21-25-34(26-22-32)38-30-50-44(52-38)40-18-12-28-58(40)46(60)42(54-48(62)56(3)4)36-15-9-6-10-16-36/h5-10,13-16,19-26,29-30,39-42H,11-12,17-18,27-28H2,1-4H3,(H,49,51)(H,50,52)(H,53,61)(H,54,62). The van der Waals surface area contributed by atoms with Crippen LogP contribution in [0.1, 0.15) is 72.6 Å². The maximum absolute atomic E-state index is 14.1. The second kappa shape index (κ2) is 18.2. The van der Waals surface area contributed by atoms with E-state index in [-0.39, 0.29) is 36.0 Å². The molecule has 4 N–H and O–H groups in total. The van der Waals surface area contributed by atoms with E-state index in [4.69, 9.17) is 9.97 Å². The Balaban J connectivity index is 0.929. The van der Waals surface area contributed by atoms with E-state index < -0.39 is 12.1 Å². The fourth-order valence-corrected chi connectivity index (χ4v) is 8.32. The molecule has 4 atom stereocenters. The van der Waals surface area contributed by atoms with Crippen molar-refractivity contribution in [2.75, 3.05) is 41.3 Å². The van der Waals surface area contributed by atoms with Gasteiger partial charge in [-0.15, -0.1) is 0 Å². The topological polar surface area (TPSA) is 163 Å². The number of carbonyl (C=O) groups is 4. The molecular formula is C48H52N10O4. The first-order valence-corrected chi connectivity index (χ1v) is 21.0. The first-order chi connectivity index (χ1) is 30.0. The number of aromatic nitrogens is 4. The highest BCUT2D eigenvalue weighted by molar-refractivity contribution is 5.89. The van der Waals surface area contributed by atoms with Gasteiger partial charge in [-0.25, -0.2) is 19.6 Å². The normalized spacial score (nSPS) is 17.0. The van der Waals surface area contributed by atoms with Gasteiger partial charge in [0, 0.05) is 41.3 Å². The molecular weight excluding hydrogens is 781 g/mol. The molecule has 2 saturated heterocycles. The summed E-state index contributed by atoms with van der Waals surface area (Å²) in [6.45, 7) is 1.15. The molecule has 0 bridgehead atoms. The van der Waals surface area contributed by atoms with Gasteiger partial charge >= 0.3 is 12.1 Å². The first-order valence-electron chi connectivity index (χ1n) is 21.0. The number of hydrogen-bond donors (Lipinski definition) is 4. The molecule has 0 radical (unpaired) electrons. The van der Waals surface area contributed by atoms with Crippen molar-refractivity contribution in [3.63, 3.8) is 0 Å². The van der Waals surface area contributed by atoms with E-state index in [9.17, 15) is 19.2 Å². The molecule has 0 saturated carbocycles. The summed E-state index contributed by atoms with van der Waals surface area (Å²) in [6, 6.07) is 32.5. The van der Waals surface area contributed by atoms with Gasteiger partial charge in [-0.1, -0.05) is 109 Å². The Morgan fingerprint density at radius 3 is 1.26 bits per heavy atom. The summed E-state index contributed by atoms with van der Waals surface area (Å²) < 4.78 is 0. The van der Waals surface area contributed by atoms with Crippen LogP contribution < -0.4 is 10.6 Å². The highest BCUT2D eigenvalue weighted by Crippen LogP contribution is 2.36. The van der Waals surface area contributed by atoms with Gasteiger partial charge in [0.2, 0.25) is 11.8 Å². The van der Waals surface area contributed by atoms with Crippen molar-refractivity contribution in [1.29, 1.82) is 0 Å². The summed E-state index contributed by atoms with van der Waals surface area (Å²) >= 11 is 0. The van der Waals surface area contributed by atoms with Crippen LogP contribution in [0.25, 0.3) is 33.6 Å². The summed E-state index contributed by atoms with van der Waals surface area (Å²) in [5.74, 6) is 1.11. The number of rotatable bonds is 11. The van der Waals surface area contributed by atoms with Crippen LogP contribution in [0, 0.1) is 0 Å². The summed E-state index contributed by atoms with van der Waals surface area (Å²) in [6.07, 6.45) is 6.82. The Hall–Kier alpha value is -7.22. The number of urea groups is 2. The summed E-state index contributed by atoms with van der Waals surface area (Å²) in [4.78, 5) is 76.5. The molecule has 14 heteroatoms. The van der Waals surface area contributed by atoms with Crippen LogP contribution in [-0.4, -0.2) is 105 Å². The summed E-state index contributed by atoms with van der Waals surface area (Å²) in [7, 11) is 6.62. The van der Waals surface area contributed by atoms with Gasteiger partial charge in [0.25, 0.3) is 0 Å². The van der Waals surface area contributed by atoms with Crippen molar-refractivity contribution in [1.82, 2.24) is 50.2 Å². The molecule has 2 aliphatic rings. The number of H-pyrrole nitrogens is 2. The zero-order chi connectivity index (χ0) is 43.3. The Morgan fingerprint density at radius 2 is 0.903 bits per heavy atom. The summed E-state index contributed by atoms with van der Waals surface area (Å²) in [5.41, 5.74) is 7.22. The van der Waals surface area contributed by atoms with Gasteiger partial charge < -0.3 is 40.2 Å². The molecule has 4 heterocycles. The van der Waals surface area contributed by atoms with Gasteiger partial charge in [0.15, 0.2) is 0 Å². The van der Waals surface area contributed by atoms with Crippen molar-refractivity contribution in [3.05, 3.63) is 144 Å². The van der Waals surface area contributed by atoms with Gasteiger partial charge in [-0.2, -0.15) is 0 Å². The molecule has 62 heavy (non-hydrogen) atoms. The largest absolute Gasteiger partial charge is 0.340 e. The third kappa shape index (κ3) is 8.80. The molecule has 2 aliphatic heterocycles. The highest BCUT2D eigenvalue weighted by Gasteiger charge is 2.38. The number of nitrogens with zero attached hydrogens (tertiary/aromatic N) is 6. The molecule has 8 rings (SSSR count). The van der Waals surface area contributed by atoms with E-state index in [1.165, 1.54) is 9.80 Å². The number of aromatic amines is 2. The number of nitrogens with one attached hydrogen (secondary N) is 4. The zero-order valence-electron chi connectivity index (χ0n) is 35.4. The lowest BCUT2D eigenvalue weighted by molar-refractivity contribution is -0.135. The third-order valence-electron chi connectivity index (χ3n) is 11.7. The third-order valence-corrected chi connectivity index (χ3v) is 11.7. The quantitative estimate of drug-likeness (QED) is 0.106. The van der Waals surface area contributed by atoms with Crippen molar-refractivity contribution >= 4 is 23.9 Å². The van der Waals surface area contributed by atoms with Crippen LogP contribution in [0.2, 0.25) is 0 Å². The van der Waals surface area contributed by atoms with Crippen LogP contribution in [0.5, 0.6) is 0 Å². The molecule has 2 aromatic heterocycles. The van der Waals surface area contributed by atoms with Crippen molar-refractivity contribution in [3.8, 4) is 33.6 Å². The lowest BCUT2D eigenvalue weighted by Gasteiger charge is -2.29. The molecule has 318 valence electrons. The summed E-state index contributed by atoms with van der Waals surface area (Å²) in [5, 5.41) is 5.82. The predicted molar refractivity (Wildman–Crippen MR) is 237 cm³/mol. The number of likely N-dealkylation sites (tertiary alicyclic amines) is 2. The van der Waals surface area contributed by atoms with E-state index in [0.29, 0.717) is 13.1 Å². The number of hydrogen-bond acceptors (Lipinski definition) is 6. The van der Waals surface area contributed by atoms with E-state index in [0.717, 1.165) is 82.1 Å². The number of imidazole rings is 2. The van der Waals surface area contributed by atoms with Crippen molar-refractivity contribution in [2.24, 2.45) is 0 Å². The SMILES string of the molecule is CN(C)C(=O)NC(C(=O)N1CCCC1c1ncc(-c2ccc(-c3ccc(-c4cnc(C5CCCN5C(=O)C(NC(=O)N(C)C)c5ccccc5)[nH]4)cc3)cc2)[nH]1)c1ccccc1. The van der Waals surface area contributed by atoms with Crippen LogP contribution in [0.15, 0.2) is 122 Å². The number of carbonyl (C=O) groups excluding carboxylic acids is 4. The van der Waals surface area contributed by atoms with Gasteiger partial charge in [-0.3, -0.25) is 9.59 Å². The Bertz CT molecular complexity index is 2320. The van der Waals surface area contributed by atoms with Crippen molar-refractivity contribution < 1.29 is 19.2 Å². The van der Waals surface area contributed by atoms with Crippen LogP contribution >= 0.6 is 0 Å². The van der Waals surface area contributed by atoms with E-state index >= 15 is 0 Å². The monoisotopic (exact) mass is 832 g/mol. The second-order valence-electron chi connectivity index (χ2n) is 16.3. The fraction of sp³-hybridized carbons (Fsp3) is 0.292. The molecule has 0 spiro atoms. The number of benzene rings is 4. The number of amides is 6. The average Bonchev–Trinajstić information content (AvgIpc) is 4.15. The molecule has 4 aromatic carbocycles. The maximum Gasteiger partial charge on any atom is 0.317 e. The highest BCUT2D eigenvalue weighted by atomic mass is 16.2. The Labute approximate surface area is 361 Å². The molecule has 4 unspecified atom stereocenters. The minimum absolute atomic E-state index is 0.163. The lowest BCUT2D eigenvalue weighted by Crippen LogP contribution is -2.45. The molecule has 6 aromatic rings. The van der Waals surface area contributed by atoms with Gasteiger partial charge in [0.1, 0.15) is 23.7 Å². The second-order valence-corrected chi connectivity index (χ2v) is 16.3. The molecule has 14 nitrogen and oxygen atoms in total. The smallest absolute Gasteiger partial charge is 0.317 e. The minimum atomic E-state index is -0.816. The zero-order valence-corrected chi connectivity index (χ0v) is 35.4. The molecule has 0 aliphatic carbocycles. The van der Waals surface area contributed by atoms with E-state index in [1.54, 1.807) is 28.2 Å². The van der Waals surface area contributed by atoms with Gasteiger partial charge in [0.05, 0.1) is 35.9 Å². The first kappa shape index (κ1) is 41.5. The van der Waals surface area contributed by atoms with Gasteiger partial charge in [-0.05, 0) is 59.1 Å². The van der Waals surface area contributed by atoms with Crippen LogP contribution in [-0.2, 0) is 9.59 Å². The van der Waals surface area contributed by atoms with E-state index in [2.05, 4.69) is 69.1 Å². The molecule has 2 fully saturated rings. The maximum atomic E-state index is 14.1. The predicted octanol–water partition coefficient (Wildman–Crippen LogP) is 7.49. The van der Waals surface area contributed by atoms with Crippen LogP contribution in [0.4, 0.5) is 9.59 Å². The minimum Gasteiger partial charge on any atom is -0.340 e. The van der Waals surface area contributed by atoms with E-state index in [1.807, 2.05) is 82.9 Å². The Kier molecular flexibility index (Phi) is 12.2. The lowest BCUT2D eigenvalue weighted by atomic mass is 10.0. The van der Waals surface area contributed by atoms with Crippen molar-refractivity contribution in [2.45, 2.75) is 49.9 Å². The molecule has 6 amide bonds.